The maximum absolute atomic E-state index is 12.2. The lowest BCUT2D eigenvalue weighted by molar-refractivity contribution is -0.115. The molecule has 0 aromatic carbocycles. The summed E-state index contributed by atoms with van der Waals surface area (Å²) in [6.07, 6.45) is 5.90. The predicted molar refractivity (Wildman–Crippen MR) is 86.2 cm³/mol. The number of carbonyl (C=O) groups is 1. The monoisotopic (exact) mass is 326 g/mol. The van der Waals surface area contributed by atoms with Crippen molar-refractivity contribution in [3.63, 3.8) is 0 Å². The van der Waals surface area contributed by atoms with E-state index in [-0.39, 0.29) is 12.3 Å². The standard InChI is InChI=1S/C16H14N4O2S/c21-13(8-10-2-1-6-17-9-10)18-12-5-7-23-14(12)16-19-15(20-22-16)11-3-4-11/h1-2,5-7,9,11H,3-4,8H2,(H,18,21). The first-order chi connectivity index (χ1) is 11.3. The van der Waals surface area contributed by atoms with Crippen LogP contribution in [0.1, 0.15) is 30.1 Å². The van der Waals surface area contributed by atoms with Crippen LogP contribution in [0.4, 0.5) is 5.69 Å². The molecule has 3 heterocycles. The fourth-order valence-electron chi connectivity index (χ4n) is 2.29. The van der Waals surface area contributed by atoms with Crippen LogP contribution in [0.15, 0.2) is 40.5 Å². The van der Waals surface area contributed by atoms with Crippen molar-refractivity contribution in [2.75, 3.05) is 5.32 Å². The maximum atomic E-state index is 12.2. The minimum atomic E-state index is -0.0976. The van der Waals surface area contributed by atoms with E-state index in [4.69, 9.17) is 4.52 Å². The van der Waals surface area contributed by atoms with Crippen LogP contribution >= 0.6 is 11.3 Å². The summed E-state index contributed by atoms with van der Waals surface area (Å²) in [5.41, 5.74) is 1.57. The summed E-state index contributed by atoms with van der Waals surface area (Å²) in [4.78, 5) is 21.4. The van der Waals surface area contributed by atoms with Crippen molar-refractivity contribution in [1.82, 2.24) is 15.1 Å². The van der Waals surface area contributed by atoms with Crippen molar-refractivity contribution in [2.45, 2.75) is 25.2 Å². The molecule has 3 aromatic heterocycles. The zero-order valence-electron chi connectivity index (χ0n) is 12.2. The summed E-state index contributed by atoms with van der Waals surface area (Å²) in [7, 11) is 0. The Morgan fingerprint density at radius 3 is 3.09 bits per heavy atom. The van der Waals surface area contributed by atoms with E-state index in [1.54, 1.807) is 12.4 Å². The number of amides is 1. The molecule has 3 aromatic rings. The molecule has 1 saturated carbocycles. The molecule has 0 spiro atoms. The molecule has 0 aliphatic heterocycles. The van der Waals surface area contributed by atoms with Crippen LogP contribution < -0.4 is 5.32 Å². The summed E-state index contributed by atoms with van der Waals surface area (Å²) in [5, 5.41) is 8.83. The zero-order chi connectivity index (χ0) is 15.6. The quantitative estimate of drug-likeness (QED) is 0.778. The number of carbonyl (C=O) groups excluding carboxylic acids is 1. The average molecular weight is 326 g/mol. The second-order valence-electron chi connectivity index (χ2n) is 5.48. The van der Waals surface area contributed by atoms with Crippen molar-refractivity contribution in [3.8, 4) is 10.8 Å². The molecule has 4 rings (SSSR count). The van der Waals surface area contributed by atoms with Gasteiger partial charge in [0.05, 0.1) is 12.1 Å². The van der Waals surface area contributed by atoms with Gasteiger partial charge in [0.1, 0.15) is 4.88 Å². The molecule has 1 N–H and O–H groups in total. The van der Waals surface area contributed by atoms with Crippen LogP contribution in [0.2, 0.25) is 0 Å². The van der Waals surface area contributed by atoms with E-state index in [1.165, 1.54) is 11.3 Å². The molecule has 0 atom stereocenters. The summed E-state index contributed by atoms with van der Waals surface area (Å²) in [6, 6.07) is 5.54. The number of aromatic nitrogens is 3. The molecule has 1 aliphatic rings. The molecular weight excluding hydrogens is 312 g/mol. The first-order valence-electron chi connectivity index (χ1n) is 7.40. The lowest BCUT2D eigenvalue weighted by Crippen LogP contribution is -2.14. The summed E-state index contributed by atoms with van der Waals surface area (Å²) in [6.45, 7) is 0. The van der Waals surface area contributed by atoms with E-state index in [0.717, 1.165) is 29.1 Å². The predicted octanol–water partition coefficient (Wildman–Crippen LogP) is 3.25. The van der Waals surface area contributed by atoms with E-state index < -0.39 is 0 Å². The van der Waals surface area contributed by atoms with Crippen molar-refractivity contribution in [3.05, 3.63) is 47.4 Å². The molecule has 0 radical (unpaired) electrons. The third-order valence-electron chi connectivity index (χ3n) is 3.61. The van der Waals surface area contributed by atoms with Crippen LogP contribution in [0.3, 0.4) is 0 Å². The number of hydrogen-bond donors (Lipinski definition) is 1. The first-order valence-corrected chi connectivity index (χ1v) is 8.28. The van der Waals surface area contributed by atoms with Gasteiger partial charge in [-0.3, -0.25) is 9.78 Å². The maximum Gasteiger partial charge on any atom is 0.270 e. The van der Waals surface area contributed by atoms with Gasteiger partial charge in [0.25, 0.3) is 5.89 Å². The van der Waals surface area contributed by atoms with Crippen LogP contribution in [0.5, 0.6) is 0 Å². The normalized spacial score (nSPS) is 13.9. The van der Waals surface area contributed by atoms with E-state index in [2.05, 4.69) is 20.4 Å². The summed E-state index contributed by atoms with van der Waals surface area (Å²) in [5.74, 6) is 1.58. The van der Waals surface area contributed by atoms with E-state index in [0.29, 0.717) is 17.5 Å². The van der Waals surface area contributed by atoms with E-state index >= 15 is 0 Å². The van der Waals surface area contributed by atoms with Gasteiger partial charge >= 0.3 is 0 Å². The Labute approximate surface area is 136 Å². The molecule has 1 fully saturated rings. The zero-order valence-corrected chi connectivity index (χ0v) is 13.0. The highest BCUT2D eigenvalue weighted by Crippen LogP contribution is 2.40. The Bertz CT molecular complexity index is 823. The highest BCUT2D eigenvalue weighted by Gasteiger charge is 2.29. The van der Waals surface area contributed by atoms with E-state index in [9.17, 15) is 4.79 Å². The largest absolute Gasteiger partial charge is 0.333 e. The van der Waals surface area contributed by atoms with Gasteiger partial charge in [-0.1, -0.05) is 11.2 Å². The Morgan fingerprint density at radius 2 is 2.30 bits per heavy atom. The number of anilines is 1. The van der Waals surface area contributed by atoms with Crippen LogP contribution in [0, 0.1) is 0 Å². The van der Waals surface area contributed by atoms with Gasteiger partial charge in [0.15, 0.2) is 5.82 Å². The topological polar surface area (TPSA) is 80.9 Å². The lowest BCUT2D eigenvalue weighted by Gasteiger charge is -2.04. The van der Waals surface area contributed by atoms with Gasteiger partial charge < -0.3 is 9.84 Å². The minimum absolute atomic E-state index is 0.0976. The molecule has 1 amide bonds. The van der Waals surface area contributed by atoms with Crippen LogP contribution in [0.25, 0.3) is 10.8 Å². The smallest absolute Gasteiger partial charge is 0.270 e. The molecule has 116 valence electrons. The van der Waals surface area contributed by atoms with Gasteiger partial charge in [0, 0.05) is 18.3 Å². The number of hydrogen-bond acceptors (Lipinski definition) is 6. The molecule has 7 heteroatoms. The fraction of sp³-hybridized carbons (Fsp3) is 0.250. The average Bonchev–Trinajstić information content (AvgIpc) is 3.11. The molecular formula is C16H14N4O2S. The molecule has 6 nitrogen and oxygen atoms in total. The number of pyridine rings is 1. The van der Waals surface area contributed by atoms with Crippen LogP contribution in [-0.4, -0.2) is 21.0 Å². The van der Waals surface area contributed by atoms with Gasteiger partial charge in [0.2, 0.25) is 5.91 Å². The Hall–Kier alpha value is -2.54. The number of rotatable bonds is 5. The summed E-state index contributed by atoms with van der Waals surface area (Å²) >= 11 is 1.47. The minimum Gasteiger partial charge on any atom is -0.333 e. The first kappa shape index (κ1) is 14.1. The second-order valence-corrected chi connectivity index (χ2v) is 6.40. The molecule has 0 unspecified atom stereocenters. The van der Waals surface area contributed by atoms with Crippen molar-refractivity contribution >= 4 is 22.9 Å². The third kappa shape index (κ3) is 3.14. The highest BCUT2D eigenvalue weighted by molar-refractivity contribution is 7.14. The van der Waals surface area contributed by atoms with Crippen molar-refractivity contribution < 1.29 is 9.32 Å². The SMILES string of the molecule is O=C(Cc1cccnc1)Nc1ccsc1-c1nc(C2CC2)no1. The molecule has 0 saturated heterocycles. The second kappa shape index (κ2) is 5.92. The summed E-state index contributed by atoms with van der Waals surface area (Å²) < 4.78 is 5.34. The number of nitrogens with zero attached hydrogens (tertiary/aromatic N) is 3. The number of nitrogens with one attached hydrogen (secondary N) is 1. The Balaban J connectivity index is 1.49. The van der Waals surface area contributed by atoms with Crippen molar-refractivity contribution in [2.24, 2.45) is 0 Å². The third-order valence-corrected chi connectivity index (χ3v) is 4.51. The lowest BCUT2D eigenvalue weighted by atomic mass is 10.2. The highest BCUT2D eigenvalue weighted by atomic mass is 32.1. The van der Waals surface area contributed by atoms with E-state index in [1.807, 2.05) is 23.6 Å². The molecule has 0 bridgehead atoms. The molecule has 23 heavy (non-hydrogen) atoms. The van der Waals surface area contributed by atoms with Gasteiger partial charge in [-0.25, -0.2) is 0 Å². The number of thiophene rings is 1. The van der Waals surface area contributed by atoms with Gasteiger partial charge in [-0.15, -0.1) is 11.3 Å². The fourth-order valence-corrected chi connectivity index (χ4v) is 3.06. The Kier molecular flexibility index (Phi) is 3.63. The molecule has 1 aliphatic carbocycles. The van der Waals surface area contributed by atoms with Gasteiger partial charge in [-0.2, -0.15) is 4.98 Å². The Morgan fingerprint density at radius 1 is 1.39 bits per heavy atom. The van der Waals surface area contributed by atoms with Gasteiger partial charge in [-0.05, 0) is 35.9 Å². The van der Waals surface area contributed by atoms with Crippen molar-refractivity contribution in [1.29, 1.82) is 0 Å². The van der Waals surface area contributed by atoms with Crippen LogP contribution in [-0.2, 0) is 11.2 Å².